The molecule has 0 aliphatic carbocycles. The summed E-state index contributed by atoms with van der Waals surface area (Å²) in [4.78, 5) is 27.4. The fourth-order valence-electron chi connectivity index (χ4n) is 2.98. The molecule has 0 radical (unpaired) electrons. The minimum Gasteiger partial charge on any atom is -0.437 e. The van der Waals surface area contributed by atoms with Crippen molar-refractivity contribution in [3.05, 3.63) is 64.0 Å². The molecule has 0 bridgehead atoms. The van der Waals surface area contributed by atoms with Crippen molar-refractivity contribution in [2.75, 3.05) is 6.54 Å². The monoisotopic (exact) mass is 386 g/mol. The molecular formula is C18H15ClN4O2S. The predicted octanol–water partition coefficient (Wildman–Crippen LogP) is 4.36. The lowest BCUT2D eigenvalue weighted by Gasteiger charge is -2.23. The molecule has 1 atom stereocenters. The zero-order valence-corrected chi connectivity index (χ0v) is 15.3. The molecule has 4 rings (SSSR count). The average Bonchev–Trinajstić information content (AvgIpc) is 3.35. The highest BCUT2D eigenvalue weighted by molar-refractivity contribution is 7.07. The topological polar surface area (TPSA) is 68.2 Å². The van der Waals surface area contributed by atoms with Gasteiger partial charge in [0.05, 0.1) is 29.6 Å². The fourth-order valence-corrected chi connectivity index (χ4v) is 3.63. The van der Waals surface area contributed by atoms with Crippen LogP contribution >= 0.6 is 22.9 Å². The van der Waals surface area contributed by atoms with Crippen molar-refractivity contribution in [2.45, 2.75) is 18.9 Å². The van der Waals surface area contributed by atoms with Crippen LogP contribution in [0.15, 0.2) is 47.5 Å². The Morgan fingerprint density at radius 3 is 2.88 bits per heavy atom. The quantitative estimate of drug-likeness (QED) is 0.666. The number of rotatable bonds is 4. The van der Waals surface area contributed by atoms with E-state index in [2.05, 4.69) is 15.0 Å². The summed E-state index contributed by atoms with van der Waals surface area (Å²) in [6, 6.07) is 6.92. The molecular weight excluding hydrogens is 372 g/mol. The summed E-state index contributed by atoms with van der Waals surface area (Å²) in [5, 5.41) is 2.41. The third-order valence-corrected chi connectivity index (χ3v) is 5.01. The molecule has 0 N–H and O–H groups in total. The van der Waals surface area contributed by atoms with Crippen molar-refractivity contribution in [1.29, 1.82) is 0 Å². The van der Waals surface area contributed by atoms with Gasteiger partial charge in [0.15, 0.2) is 0 Å². The third kappa shape index (κ3) is 3.54. The van der Waals surface area contributed by atoms with Crippen molar-refractivity contribution in [1.82, 2.24) is 19.9 Å². The minimum atomic E-state index is -0.120. The van der Waals surface area contributed by atoms with Crippen molar-refractivity contribution < 1.29 is 9.53 Å². The van der Waals surface area contributed by atoms with Crippen LogP contribution in [0, 0.1) is 0 Å². The predicted molar refractivity (Wildman–Crippen MR) is 98.7 cm³/mol. The Hall–Kier alpha value is -2.51. The largest absolute Gasteiger partial charge is 0.437 e. The summed E-state index contributed by atoms with van der Waals surface area (Å²) in [6.07, 6.45) is 5.01. The van der Waals surface area contributed by atoms with Crippen LogP contribution in [0.2, 0.25) is 5.02 Å². The second-order valence-corrected chi connectivity index (χ2v) is 7.02. The number of halogens is 1. The number of carbonyl (C=O) groups excluding carboxylic acids is 1. The summed E-state index contributed by atoms with van der Waals surface area (Å²) >= 11 is 7.30. The highest BCUT2D eigenvalue weighted by Gasteiger charge is 2.32. The van der Waals surface area contributed by atoms with Crippen LogP contribution < -0.4 is 4.74 Å². The van der Waals surface area contributed by atoms with Gasteiger partial charge in [0.1, 0.15) is 11.4 Å². The number of aromatic nitrogens is 3. The van der Waals surface area contributed by atoms with Crippen LogP contribution in [0.4, 0.5) is 0 Å². The second-order valence-electron chi connectivity index (χ2n) is 5.87. The standard InChI is InChI=1S/C18H15ClN4O2S/c19-12-3-5-13(6-4-12)25-17-9-20-8-14(22-17)16-2-1-7-23(16)18(24)15-10-26-11-21-15/h3-6,8-11,16H,1-2,7H2. The molecule has 1 fully saturated rings. The summed E-state index contributed by atoms with van der Waals surface area (Å²) in [7, 11) is 0. The van der Waals surface area contributed by atoms with Gasteiger partial charge in [0, 0.05) is 16.9 Å². The molecule has 1 aliphatic rings. The summed E-state index contributed by atoms with van der Waals surface area (Å²) in [5.41, 5.74) is 2.86. The van der Waals surface area contributed by atoms with Gasteiger partial charge in [0.2, 0.25) is 5.88 Å². The number of likely N-dealkylation sites (tertiary alicyclic amines) is 1. The SMILES string of the molecule is O=C(c1cscn1)N1CCCC1c1cncc(Oc2ccc(Cl)cc2)n1. The van der Waals surface area contributed by atoms with Crippen molar-refractivity contribution in [3.8, 4) is 11.6 Å². The minimum absolute atomic E-state index is 0.0698. The zero-order chi connectivity index (χ0) is 17.9. The first-order valence-corrected chi connectivity index (χ1v) is 9.47. The van der Waals surface area contributed by atoms with E-state index in [9.17, 15) is 4.79 Å². The van der Waals surface area contributed by atoms with Crippen LogP contribution in [0.25, 0.3) is 0 Å². The van der Waals surface area contributed by atoms with Gasteiger partial charge in [-0.1, -0.05) is 11.6 Å². The highest BCUT2D eigenvalue weighted by atomic mass is 35.5. The van der Waals surface area contributed by atoms with E-state index in [4.69, 9.17) is 16.3 Å². The first-order chi connectivity index (χ1) is 12.7. The van der Waals surface area contributed by atoms with Gasteiger partial charge in [-0.3, -0.25) is 9.78 Å². The maximum atomic E-state index is 12.7. The Bertz CT molecular complexity index is 902. The molecule has 3 heterocycles. The van der Waals surface area contributed by atoms with Crippen molar-refractivity contribution in [2.24, 2.45) is 0 Å². The van der Waals surface area contributed by atoms with Crippen LogP contribution in [-0.2, 0) is 0 Å². The van der Waals surface area contributed by atoms with E-state index < -0.39 is 0 Å². The Morgan fingerprint density at radius 1 is 1.27 bits per heavy atom. The van der Waals surface area contributed by atoms with E-state index in [0.717, 1.165) is 18.5 Å². The van der Waals surface area contributed by atoms with Crippen LogP contribution in [0.3, 0.4) is 0 Å². The van der Waals surface area contributed by atoms with Crippen LogP contribution in [0.5, 0.6) is 11.6 Å². The molecule has 0 saturated carbocycles. The van der Waals surface area contributed by atoms with E-state index in [1.54, 1.807) is 47.5 Å². The Labute approximate surface area is 159 Å². The lowest BCUT2D eigenvalue weighted by atomic mass is 10.1. The molecule has 8 heteroatoms. The average molecular weight is 387 g/mol. The first kappa shape index (κ1) is 16.9. The smallest absolute Gasteiger partial charge is 0.273 e. The number of carbonyl (C=O) groups is 1. The first-order valence-electron chi connectivity index (χ1n) is 8.15. The van der Waals surface area contributed by atoms with Crippen LogP contribution in [0.1, 0.15) is 35.1 Å². The lowest BCUT2D eigenvalue weighted by Crippen LogP contribution is -2.31. The Kier molecular flexibility index (Phi) is 4.81. The molecule has 26 heavy (non-hydrogen) atoms. The molecule has 1 aliphatic heterocycles. The van der Waals surface area contributed by atoms with E-state index in [-0.39, 0.29) is 11.9 Å². The highest BCUT2D eigenvalue weighted by Crippen LogP contribution is 2.33. The second kappa shape index (κ2) is 7.39. The normalized spacial score (nSPS) is 16.7. The number of ether oxygens (including phenoxy) is 1. The van der Waals surface area contributed by atoms with Crippen molar-refractivity contribution in [3.63, 3.8) is 0 Å². The van der Waals surface area contributed by atoms with E-state index in [1.807, 2.05) is 4.90 Å². The lowest BCUT2D eigenvalue weighted by molar-refractivity contribution is 0.0727. The van der Waals surface area contributed by atoms with Gasteiger partial charge in [-0.25, -0.2) is 9.97 Å². The Morgan fingerprint density at radius 2 is 2.12 bits per heavy atom. The number of nitrogens with zero attached hydrogens (tertiary/aromatic N) is 4. The molecule has 132 valence electrons. The molecule has 1 amide bonds. The number of thiazole rings is 1. The van der Waals surface area contributed by atoms with E-state index in [0.29, 0.717) is 28.9 Å². The molecule has 1 unspecified atom stereocenters. The maximum absolute atomic E-state index is 12.7. The van der Waals surface area contributed by atoms with E-state index >= 15 is 0 Å². The molecule has 6 nitrogen and oxygen atoms in total. The number of hydrogen-bond acceptors (Lipinski definition) is 6. The van der Waals surface area contributed by atoms with Gasteiger partial charge in [-0.05, 0) is 37.1 Å². The van der Waals surface area contributed by atoms with Gasteiger partial charge >= 0.3 is 0 Å². The zero-order valence-electron chi connectivity index (χ0n) is 13.7. The molecule has 1 saturated heterocycles. The molecule has 2 aromatic heterocycles. The molecule has 0 spiro atoms. The fraction of sp³-hybridized carbons (Fsp3) is 0.222. The van der Waals surface area contributed by atoms with Crippen molar-refractivity contribution >= 4 is 28.8 Å². The summed E-state index contributed by atoms with van der Waals surface area (Å²) < 4.78 is 5.76. The maximum Gasteiger partial charge on any atom is 0.273 e. The number of hydrogen-bond donors (Lipinski definition) is 0. The number of benzene rings is 1. The molecule has 3 aromatic rings. The Balaban J connectivity index is 1.55. The van der Waals surface area contributed by atoms with Gasteiger partial charge < -0.3 is 9.64 Å². The van der Waals surface area contributed by atoms with Crippen LogP contribution in [-0.4, -0.2) is 32.3 Å². The summed E-state index contributed by atoms with van der Waals surface area (Å²) in [5.74, 6) is 0.944. The van der Waals surface area contributed by atoms with E-state index in [1.165, 1.54) is 11.3 Å². The number of amides is 1. The van der Waals surface area contributed by atoms with Gasteiger partial charge in [0.25, 0.3) is 5.91 Å². The molecule has 1 aromatic carbocycles. The third-order valence-electron chi connectivity index (χ3n) is 4.17. The van der Waals surface area contributed by atoms with Gasteiger partial charge in [-0.2, -0.15) is 0 Å². The summed E-state index contributed by atoms with van der Waals surface area (Å²) in [6.45, 7) is 0.685. The van der Waals surface area contributed by atoms with Gasteiger partial charge in [-0.15, -0.1) is 11.3 Å².